The molecule has 2 aromatic carbocycles. The summed E-state index contributed by atoms with van der Waals surface area (Å²) < 4.78 is 0. The minimum absolute atomic E-state index is 0.00130. The fourth-order valence-corrected chi connectivity index (χ4v) is 3.81. The zero-order valence-corrected chi connectivity index (χ0v) is 16.2. The molecule has 0 spiro atoms. The number of para-hydroxylation sites is 1. The van der Waals surface area contributed by atoms with Crippen LogP contribution in [0.2, 0.25) is 0 Å². The van der Waals surface area contributed by atoms with Crippen molar-refractivity contribution < 1.29 is 19.5 Å². The molecule has 2 amide bonds. The van der Waals surface area contributed by atoms with E-state index in [-0.39, 0.29) is 23.8 Å². The average molecular weight is 397 g/mol. The maximum absolute atomic E-state index is 12.5. The molecule has 0 aliphatic carbocycles. The maximum atomic E-state index is 12.5. The van der Waals surface area contributed by atoms with E-state index in [0.717, 1.165) is 11.3 Å². The van der Waals surface area contributed by atoms with Crippen LogP contribution in [-0.4, -0.2) is 45.3 Å². The normalized spacial score (nSPS) is 17.8. The van der Waals surface area contributed by atoms with E-state index in [4.69, 9.17) is 5.11 Å². The molecule has 2 aromatic rings. The molecule has 0 aromatic heterocycles. The molecule has 1 unspecified atom stereocenters. The predicted molar refractivity (Wildman–Crippen MR) is 109 cm³/mol. The summed E-state index contributed by atoms with van der Waals surface area (Å²) in [6.07, 6.45) is 0.00130. The lowest BCUT2D eigenvalue weighted by molar-refractivity contribution is -0.127. The molecule has 28 heavy (non-hydrogen) atoms. The summed E-state index contributed by atoms with van der Waals surface area (Å²) in [6, 6.07) is 13.5. The van der Waals surface area contributed by atoms with Gasteiger partial charge in [-0.3, -0.25) is 14.5 Å². The van der Waals surface area contributed by atoms with Crippen LogP contribution in [0, 0.1) is 6.92 Å². The summed E-state index contributed by atoms with van der Waals surface area (Å²) in [5.74, 6) is -1.53. The van der Waals surface area contributed by atoms with Crippen LogP contribution < -0.4 is 5.32 Å². The smallest absolute Gasteiger partial charge is 0.335 e. The second-order valence-electron chi connectivity index (χ2n) is 6.32. The van der Waals surface area contributed by atoms with Gasteiger partial charge in [-0.25, -0.2) is 9.79 Å². The number of carboxylic acids is 1. The molecule has 1 atom stereocenters. The molecule has 1 aliphatic heterocycles. The molecule has 2 N–H and O–H groups in total. The molecule has 7 nitrogen and oxygen atoms in total. The lowest BCUT2D eigenvalue weighted by atomic mass is 10.2. The molecule has 1 heterocycles. The Bertz CT molecular complexity index is 956. The molecule has 3 rings (SSSR count). The number of aliphatic imine (C=N–C) groups is 1. The van der Waals surface area contributed by atoms with Crippen LogP contribution in [0.3, 0.4) is 0 Å². The van der Waals surface area contributed by atoms with Gasteiger partial charge in [0.05, 0.1) is 11.3 Å². The van der Waals surface area contributed by atoms with E-state index < -0.39 is 11.2 Å². The third-order valence-electron chi connectivity index (χ3n) is 4.26. The van der Waals surface area contributed by atoms with E-state index in [1.165, 1.54) is 40.9 Å². The Balaban J connectivity index is 1.65. The van der Waals surface area contributed by atoms with Gasteiger partial charge >= 0.3 is 5.97 Å². The van der Waals surface area contributed by atoms with Crippen LogP contribution >= 0.6 is 11.8 Å². The van der Waals surface area contributed by atoms with Gasteiger partial charge in [0.25, 0.3) is 0 Å². The summed E-state index contributed by atoms with van der Waals surface area (Å²) >= 11 is 1.26. The SMILES string of the molecule is Cc1ccccc1N=C1SC(CC(=O)Nc2ccc(C(=O)O)cc2)C(=O)N1C. The first kappa shape index (κ1) is 19.6. The van der Waals surface area contributed by atoms with Crippen molar-refractivity contribution in [3.63, 3.8) is 0 Å². The van der Waals surface area contributed by atoms with Crippen molar-refractivity contribution in [2.24, 2.45) is 4.99 Å². The van der Waals surface area contributed by atoms with Crippen molar-refractivity contribution in [3.8, 4) is 0 Å². The van der Waals surface area contributed by atoms with Gasteiger partial charge in [-0.15, -0.1) is 0 Å². The first-order chi connectivity index (χ1) is 13.3. The minimum atomic E-state index is -1.03. The van der Waals surface area contributed by atoms with E-state index in [1.807, 2.05) is 31.2 Å². The van der Waals surface area contributed by atoms with E-state index in [0.29, 0.717) is 10.9 Å². The Kier molecular flexibility index (Phi) is 5.79. The highest BCUT2D eigenvalue weighted by Gasteiger charge is 2.37. The fraction of sp³-hybridized carbons (Fsp3) is 0.200. The number of nitrogens with one attached hydrogen (secondary N) is 1. The van der Waals surface area contributed by atoms with Crippen LogP contribution in [0.15, 0.2) is 53.5 Å². The molecule has 0 radical (unpaired) electrons. The Labute approximate surface area is 166 Å². The van der Waals surface area contributed by atoms with Gasteiger partial charge in [-0.1, -0.05) is 30.0 Å². The molecule has 144 valence electrons. The van der Waals surface area contributed by atoms with Crippen LogP contribution in [0.5, 0.6) is 0 Å². The summed E-state index contributed by atoms with van der Waals surface area (Å²) in [6.45, 7) is 1.95. The highest BCUT2D eigenvalue weighted by Crippen LogP contribution is 2.31. The number of carbonyl (C=O) groups excluding carboxylic acids is 2. The molecule has 1 aliphatic rings. The Hall–Kier alpha value is -3.13. The van der Waals surface area contributed by atoms with Crippen LogP contribution in [0.25, 0.3) is 0 Å². The number of aromatic carboxylic acids is 1. The van der Waals surface area contributed by atoms with Gasteiger partial charge in [-0.2, -0.15) is 0 Å². The average Bonchev–Trinajstić information content (AvgIpc) is 2.92. The zero-order valence-electron chi connectivity index (χ0n) is 15.4. The first-order valence-electron chi connectivity index (χ1n) is 8.57. The van der Waals surface area contributed by atoms with E-state index in [2.05, 4.69) is 10.3 Å². The van der Waals surface area contributed by atoms with Crippen molar-refractivity contribution >= 4 is 46.1 Å². The third-order valence-corrected chi connectivity index (χ3v) is 5.49. The molecular formula is C20H19N3O4S. The number of carbonyl (C=O) groups is 3. The number of hydrogen-bond acceptors (Lipinski definition) is 5. The minimum Gasteiger partial charge on any atom is -0.478 e. The highest BCUT2D eigenvalue weighted by atomic mass is 32.2. The number of benzene rings is 2. The summed E-state index contributed by atoms with van der Waals surface area (Å²) in [5.41, 5.74) is 2.40. The third kappa shape index (κ3) is 4.40. The number of nitrogens with zero attached hydrogens (tertiary/aromatic N) is 2. The standard InChI is InChI=1S/C20H19N3O4S/c1-12-5-3-4-6-15(12)22-20-23(2)18(25)16(28-20)11-17(24)21-14-9-7-13(8-10-14)19(26)27/h3-10,16H,11H2,1-2H3,(H,21,24)(H,26,27). The second-order valence-corrected chi connectivity index (χ2v) is 7.49. The highest BCUT2D eigenvalue weighted by molar-refractivity contribution is 8.15. The van der Waals surface area contributed by atoms with Crippen molar-refractivity contribution in [1.29, 1.82) is 0 Å². The molecule has 0 saturated carbocycles. The topological polar surface area (TPSA) is 99.1 Å². The molecular weight excluding hydrogens is 378 g/mol. The Morgan fingerprint density at radius 3 is 2.50 bits per heavy atom. The fourth-order valence-electron chi connectivity index (χ4n) is 2.67. The van der Waals surface area contributed by atoms with Gasteiger partial charge in [-0.05, 0) is 42.8 Å². The summed E-state index contributed by atoms with van der Waals surface area (Å²) in [4.78, 5) is 41.7. The predicted octanol–water partition coefficient (Wildman–Crippen LogP) is 3.28. The van der Waals surface area contributed by atoms with Crippen LogP contribution in [-0.2, 0) is 9.59 Å². The second kappa shape index (κ2) is 8.26. The lowest BCUT2D eigenvalue weighted by Crippen LogP contribution is -2.30. The lowest BCUT2D eigenvalue weighted by Gasteiger charge is -2.09. The quantitative estimate of drug-likeness (QED) is 0.807. The Morgan fingerprint density at radius 1 is 1.18 bits per heavy atom. The van der Waals surface area contributed by atoms with Gasteiger partial charge in [0.2, 0.25) is 11.8 Å². The number of thioether (sulfide) groups is 1. The van der Waals surface area contributed by atoms with E-state index in [9.17, 15) is 14.4 Å². The number of rotatable bonds is 5. The number of amidine groups is 1. The number of amides is 2. The van der Waals surface area contributed by atoms with Crippen molar-refractivity contribution in [2.75, 3.05) is 12.4 Å². The van der Waals surface area contributed by atoms with Gasteiger partial charge in [0.1, 0.15) is 5.25 Å². The monoisotopic (exact) mass is 397 g/mol. The molecule has 1 saturated heterocycles. The number of aryl methyl sites for hydroxylation is 1. The number of carboxylic acid groups (broad SMARTS) is 1. The maximum Gasteiger partial charge on any atom is 0.335 e. The van der Waals surface area contributed by atoms with E-state index >= 15 is 0 Å². The van der Waals surface area contributed by atoms with Gasteiger partial charge in [0.15, 0.2) is 5.17 Å². The number of anilines is 1. The van der Waals surface area contributed by atoms with Crippen molar-refractivity contribution in [3.05, 3.63) is 59.7 Å². The first-order valence-corrected chi connectivity index (χ1v) is 9.45. The summed E-state index contributed by atoms with van der Waals surface area (Å²) in [5, 5.41) is 11.6. The van der Waals surface area contributed by atoms with E-state index in [1.54, 1.807) is 7.05 Å². The number of hydrogen-bond donors (Lipinski definition) is 2. The molecule has 8 heteroatoms. The Morgan fingerprint density at radius 2 is 1.86 bits per heavy atom. The van der Waals surface area contributed by atoms with Gasteiger partial charge in [0, 0.05) is 19.2 Å². The van der Waals surface area contributed by atoms with Crippen molar-refractivity contribution in [1.82, 2.24) is 4.90 Å². The zero-order chi connectivity index (χ0) is 20.3. The summed E-state index contributed by atoms with van der Waals surface area (Å²) in [7, 11) is 1.65. The van der Waals surface area contributed by atoms with Crippen LogP contribution in [0.1, 0.15) is 22.3 Å². The largest absolute Gasteiger partial charge is 0.478 e. The molecule has 1 fully saturated rings. The van der Waals surface area contributed by atoms with Crippen molar-refractivity contribution in [2.45, 2.75) is 18.6 Å². The van der Waals surface area contributed by atoms with Gasteiger partial charge < -0.3 is 10.4 Å². The molecule has 0 bridgehead atoms. The van der Waals surface area contributed by atoms with Crippen LogP contribution in [0.4, 0.5) is 11.4 Å².